The lowest BCUT2D eigenvalue weighted by molar-refractivity contribution is 0.222. The summed E-state index contributed by atoms with van der Waals surface area (Å²) in [6.07, 6.45) is 1.46. The molecule has 0 radical (unpaired) electrons. The fraction of sp³-hybridized carbons (Fsp3) is 0.389. The molecule has 0 saturated carbocycles. The van der Waals surface area contributed by atoms with E-state index in [4.69, 9.17) is 0 Å². The molecule has 1 saturated heterocycles. The highest BCUT2D eigenvalue weighted by Gasteiger charge is 2.27. The van der Waals surface area contributed by atoms with Gasteiger partial charge in [-0.2, -0.15) is 4.31 Å². The van der Waals surface area contributed by atoms with Crippen molar-refractivity contribution >= 4 is 31.8 Å². The Kier molecular flexibility index (Phi) is 5.96. The summed E-state index contributed by atoms with van der Waals surface area (Å²) in [5.41, 5.74) is 1.14. The van der Waals surface area contributed by atoms with Gasteiger partial charge in [0.1, 0.15) is 10.7 Å². The molecular formula is C18H23BrN4O2S. The van der Waals surface area contributed by atoms with Crippen LogP contribution in [0.5, 0.6) is 0 Å². The molecule has 6 nitrogen and oxygen atoms in total. The predicted octanol–water partition coefficient (Wildman–Crippen LogP) is 2.42. The van der Waals surface area contributed by atoms with Crippen LogP contribution in [0.3, 0.4) is 0 Å². The molecule has 2 aromatic rings. The predicted molar refractivity (Wildman–Crippen MR) is 107 cm³/mol. The summed E-state index contributed by atoms with van der Waals surface area (Å²) in [6.45, 7) is 3.21. The number of aromatic nitrogens is 1. The van der Waals surface area contributed by atoms with Gasteiger partial charge < -0.3 is 9.80 Å². The molecule has 0 atom stereocenters. The number of hydrogen-bond acceptors (Lipinski definition) is 5. The van der Waals surface area contributed by atoms with Crippen LogP contribution in [0, 0.1) is 0 Å². The monoisotopic (exact) mass is 438 g/mol. The zero-order valence-corrected chi connectivity index (χ0v) is 17.4. The first kappa shape index (κ1) is 19.3. The van der Waals surface area contributed by atoms with Gasteiger partial charge in [-0.25, -0.2) is 13.4 Å². The molecule has 0 unspecified atom stereocenters. The maximum atomic E-state index is 12.8. The van der Waals surface area contributed by atoms with E-state index < -0.39 is 10.0 Å². The first-order chi connectivity index (χ1) is 12.4. The van der Waals surface area contributed by atoms with Crippen LogP contribution < -0.4 is 4.90 Å². The number of piperazine rings is 1. The summed E-state index contributed by atoms with van der Waals surface area (Å²) >= 11 is 3.55. The molecule has 26 heavy (non-hydrogen) atoms. The van der Waals surface area contributed by atoms with Crippen molar-refractivity contribution in [1.29, 1.82) is 0 Å². The maximum absolute atomic E-state index is 12.8. The number of hydrogen-bond donors (Lipinski definition) is 0. The number of pyridine rings is 1. The lowest BCUT2D eigenvalue weighted by atomic mass is 10.2. The number of nitrogens with zero attached hydrogens (tertiary/aromatic N) is 4. The Bertz CT molecular complexity index is 850. The Morgan fingerprint density at radius 2 is 1.81 bits per heavy atom. The van der Waals surface area contributed by atoms with Crippen molar-refractivity contribution in [2.24, 2.45) is 0 Å². The van der Waals surface area contributed by atoms with E-state index >= 15 is 0 Å². The van der Waals surface area contributed by atoms with Gasteiger partial charge in [0, 0.05) is 50.4 Å². The number of halogens is 1. The average Bonchev–Trinajstić information content (AvgIpc) is 2.64. The fourth-order valence-corrected chi connectivity index (χ4v) is 4.67. The van der Waals surface area contributed by atoms with Gasteiger partial charge in [0.05, 0.1) is 0 Å². The number of rotatable bonds is 5. The minimum absolute atomic E-state index is 0.250. The van der Waals surface area contributed by atoms with Gasteiger partial charge in [-0.1, -0.05) is 34.1 Å². The minimum atomic E-state index is -3.48. The molecule has 1 aromatic heterocycles. The van der Waals surface area contributed by atoms with Crippen molar-refractivity contribution < 1.29 is 8.42 Å². The molecular weight excluding hydrogens is 416 g/mol. The second kappa shape index (κ2) is 8.04. The zero-order valence-electron chi connectivity index (χ0n) is 15.0. The van der Waals surface area contributed by atoms with Crippen LogP contribution in [0.2, 0.25) is 0 Å². The van der Waals surface area contributed by atoms with E-state index in [9.17, 15) is 8.42 Å². The Balaban J connectivity index is 1.72. The maximum Gasteiger partial charge on any atom is 0.244 e. The summed E-state index contributed by atoms with van der Waals surface area (Å²) in [4.78, 5) is 8.75. The Morgan fingerprint density at radius 3 is 2.42 bits per heavy atom. The van der Waals surface area contributed by atoms with Crippen LogP contribution >= 0.6 is 15.9 Å². The van der Waals surface area contributed by atoms with E-state index in [0.29, 0.717) is 19.6 Å². The third kappa shape index (κ3) is 4.25. The number of sulfonamides is 1. The molecule has 8 heteroatoms. The topological polar surface area (TPSA) is 56.8 Å². The van der Waals surface area contributed by atoms with E-state index in [2.05, 4.69) is 25.8 Å². The molecule has 1 aliphatic rings. The van der Waals surface area contributed by atoms with E-state index in [1.165, 1.54) is 10.5 Å². The van der Waals surface area contributed by atoms with Crippen molar-refractivity contribution in [3.05, 3.63) is 52.6 Å². The molecule has 1 fully saturated rings. The SMILES string of the molecule is CN1CCN(S(=O)(=O)c2ccc(N(C)Cc3ccccc3Br)nc2)CC1. The molecule has 2 heterocycles. The number of benzene rings is 1. The number of anilines is 1. The van der Waals surface area contributed by atoms with Crippen molar-refractivity contribution in [1.82, 2.24) is 14.2 Å². The molecule has 140 valence electrons. The molecule has 0 N–H and O–H groups in total. The van der Waals surface area contributed by atoms with Gasteiger partial charge in [-0.15, -0.1) is 0 Å². The summed E-state index contributed by atoms with van der Waals surface area (Å²) in [5.74, 6) is 0.734. The standard InChI is InChI=1S/C18H23BrN4O2S/c1-21-9-11-23(12-10-21)26(24,25)16-7-8-18(20-13-16)22(2)14-15-5-3-4-6-17(15)19/h3-8,13H,9-12,14H2,1-2H3. The quantitative estimate of drug-likeness (QED) is 0.717. The Labute approximate surface area is 163 Å². The molecule has 3 rings (SSSR count). The van der Waals surface area contributed by atoms with Gasteiger partial charge in [0.15, 0.2) is 0 Å². The van der Waals surface area contributed by atoms with Gasteiger partial charge in [-0.3, -0.25) is 0 Å². The highest BCUT2D eigenvalue weighted by atomic mass is 79.9. The third-order valence-corrected chi connectivity index (χ3v) is 7.23. The lowest BCUT2D eigenvalue weighted by Crippen LogP contribution is -2.47. The van der Waals surface area contributed by atoms with E-state index in [1.807, 2.05) is 43.3 Å². The minimum Gasteiger partial charge on any atom is -0.355 e. The smallest absolute Gasteiger partial charge is 0.244 e. The first-order valence-electron chi connectivity index (χ1n) is 8.47. The third-order valence-electron chi connectivity index (χ3n) is 4.58. The molecule has 0 bridgehead atoms. The highest BCUT2D eigenvalue weighted by Crippen LogP contribution is 2.22. The van der Waals surface area contributed by atoms with Crippen molar-refractivity contribution in [3.63, 3.8) is 0 Å². The van der Waals surface area contributed by atoms with Gasteiger partial charge in [0.25, 0.3) is 0 Å². The average molecular weight is 439 g/mol. The van der Waals surface area contributed by atoms with Crippen LogP contribution in [-0.2, 0) is 16.6 Å². The first-order valence-corrected chi connectivity index (χ1v) is 10.7. The molecule has 1 aromatic carbocycles. The van der Waals surface area contributed by atoms with Crippen LogP contribution in [-0.4, -0.2) is 62.9 Å². The Hall–Kier alpha value is -1.48. The van der Waals surface area contributed by atoms with E-state index in [-0.39, 0.29) is 4.90 Å². The van der Waals surface area contributed by atoms with Crippen LogP contribution in [0.1, 0.15) is 5.56 Å². The summed E-state index contributed by atoms with van der Waals surface area (Å²) < 4.78 is 28.1. The summed E-state index contributed by atoms with van der Waals surface area (Å²) in [7, 11) is 0.467. The molecule has 0 amide bonds. The van der Waals surface area contributed by atoms with Crippen LogP contribution in [0.4, 0.5) is 5.82 Å². The van der Waals surface area contributed by atoms with Crippen molar-refractivity contribution in [2.75, 3.05) is 45.2 Å². The lowest BCUT2D eigenvalue weighted by Gasteiger charge is -2.31. The summed E-state index contributed by atoms with van der Waals surface area (Å²) in [5, 5.41) is 0. The highest BCUT2D eigenvalue weighted by molar-refractivity contribution is 9.10. The van der Waals surface area contributed by atoms with Gasteiger partial charge >= 0.3 is 0 Å². The normalized spacial score (nSPS) is 16.6. The Morgan fingerprint density at radius 1 is 1.12 bits per heavy atom. The molecule has 0 aliphatic carbocycles. The van der Waals surface area contributed by atoms with Crippen molar-refractivity contribution in [2.45, 2.75) is 11.4 Å². The summed E-state index contributed by atoms with van der Waals surface area (Å²) in [6, 6.07) is 11.4. The van der Waals surface area contributed by atoms with Crippen LogP contribution in [0.15, 0.2) is 52.0 Å². The molecule has 1 aliphatic heterocycles. The second-order valence-corrected chi connectivity index (χ2v) is 9.30. The van der Waals surface area contributed by atoms with E-state index in [0.717, 1.165) is 28.9 Å². The van der Waals surface area contributed by atoms with E-state index in [1.54, 1.807) is 12.1 Å². The van der Waals surface area contributed by atoms with Gasteiger partial charge in [-0.05, 0) is 30.8 Å². The fourth-order valence-electron chi connectivity index (χ4n) is 2.89. The second-order valence-electron chi connectivity index (χ2n) is 6.51. The number of likely N-dealkylation sites (N-methyl/N-ethyl adjacent to an activating group) is 1. The van der Waals surface area contributed by atoms with Gasteiger partial charge in [0.2, 0.25) is 10.0 Å². The largest absolute Gasteiger partial charge is 0.355 e. The van der Waals surface area contributed by atoms with Crippen molar-refractivity contribution in [3.8, 4) is 0 Å². The van der Waals surface area contributed by atoms with Crippen LogP contribution in [0.25, 0.3) is 0 Å². The molecule has 0 spiro atoms. The zero-order chi connectivity index (χ0) is 18.7.